The summed E-state index contributed by atoms with van der Waals surface area (Å²) in [5.41, 5.74) is 1.28. The molecule has 2 rings (SSSR count). The Bertz CT molecular complexity index is 769. The van der Waals surface area contributed by atoms with E-state index in [1.165, 1.54) is 17.4 Å². The van der Waals surface area contributed by atoms with E-state index in [0.29, 0.717) is 21.3 Å². The molecule has 2 aromatic heterocycles. The number of nitrogens with zero attached hydrogens (tertiary/aromatic N) is 3. The van der Waals surface area contributed by atoms with Crippen molar-refractivity contribution in [1.29, 1.82) is 0 Å². The maximum absolute atomic E-state index is 13.4. The minimum absolute atomic E-state index is 0.0297. The molecule has 2 aromatic rings. The second-order valence-electron chi connectivity index (χ2n) is 5.29. The van der Waals surface area contributed by atoms with E-state index < -0.39 is 5.82 Å². The number of thioether (sulfide) groups is 1. The topological polar surface area (TPSA) is 46.1 Å². The molecule has 4 nitrogen and oxygen atoms in total. The standard InChI is InChI=1S/C17H18FN3OS2/c1-5-6-21(16(22)11(2)10-23-4)17-12(3)20-15(24-17)13-7-14(18)9-19-8-13/h1,7-9,11H,6,10H2,2-4H3. The fourth-order valence-corrected chi connectivity index (χ4v) is 3.92. The van der Waals surface area contributed by atoms with Crippen molar-refractivity contribution >= 4 is 34.0 Å². The molecule has 0 aromatic carbocycles. The molecule has 0 saturated carbocycles. The zero-order chi connectivity index (χ0) is 17.7. The smallest absolute Gasteiger partial charge is 0.232 e. The average Bonchev–Trinajstić information content (AvgIpc) is 2.94. The Morgan fingerprint density at radius 3 is 2.92 bits per heavy atom. The highest BCUT2D eigenvalue weighted by atomic mass is 32.2. The fourth-order valence-electron chi connectivity index (χ4n) is 2.22. The predicted molar refractivity (Wildman–Crippen MR) is 98.8 cm³/mol. The minimum atomic E-state index is -0.424. The molecule has 0 radical (unpaired) electrons. The second-order valence-corrected chi connectivity index (χ2v) is 7.17. The van der Waals surface area contributed by atoms with Crippen molar-refractivity contribution in [2.45, 2.75) is 13.8 Å². The Balaban J connectivity index is 2.38. The first-order chi connectivity index (χ1) is 11.5. The van der Waals surface area contributed by atoms with Gasteiger partial charge >= 0.3 is 0 Å². The van der Waals surface area contributed by atoms with E-state index in [1.54, 1.807) is 22.9 Å². The Morgan fingerprint density at radius 1 is 1.54 bits per heavy atom. The van der Waals surface area contributed by atoms with Crippen LogP contribution in [0, 0.1) is 31.0 Å². The van der Waals surface area contributed by atoms with Gasteiger partial charge in [0.2, 0.25) is 5.91 Å². The van der Waals surface area contributed by atoms with Gasteiger partial charge < -0.3 is 0 Å². The number of carbonyl (C=O) groups is 1. The van der Waals surface area contributed by atoms with Crippen LogP contribution in [0.5, 0.6) is 0 Å². The summed E-state index contributed by atoms with van der Waals surface area (Å²) in [6.45, 7) is 3.88. The van der Waals surface area contributed by atoms with Gasteiger partial charge in [0.15, 0.2) is 0 Å². The van der Waals surface area contributed by atoms with Crippen molar-refractivity contribution in [2.75, 3.05) is 23.5 Å². The maximum atomic E-state index is 13.4. The quantitative estimate of drug-likeness (QED) is 0.736. The number of anilines is 1. The summed E-state index contributed by atoms with van der Waals surface area (Å²) in [5, 5.41) is 1.31. The highest BCUT2D eigenvalue weighted by molar-refractivity contribution is 7.98. The molecule has 0 aliphatic carbocycles. The molecule has 2 heterocycles. The average molecular weight is 363 g/mol. The Hall–Kier alpha value is -1.91. The normalized spacial score (nSPS) is 11.8. The number of amides is 1. The van der Waals surface area contributed by atoms with E-state index in [9.17, 15) is 9.18 Å². The zero-order valence-electron chi connectivity index (χ0n) is 13.7. The molecule has 0 aliphatic rings. The van der Waals surface area contributed by atoms with Gasteiger partial charge in [-0.3, -0.25) is 14.7 Å². The zero-order valence-corrected chi connectivity index (χ0v) is 15.4. The van der Waals surface area contributed by atoms with Gasteiger partial charge in [0.1, 0.15) is 15.8 Å². The van der Waals surface area contributed by atoms with Gasteiger partial charge in [0, 0.05) is 23.4 Å². The highest BCUT2D eigenvalue weighted by Gasteiger charge is 2.25. The molecule has 0 saturated heterocycles. The van der Waals surface area contributed by atoms with Gasteiger partial charge in [-0.25, -0.2) is 9.37 Å². The highest BCUT2D eigenvalue weighted by Crippen LogP contribution is 2.35. The van der Waals surface area contributed by atoms with Gasteiger partial charge in [0.05, 0.1) is 18.4 Å². The monoisotopic (exact) mass is 363 g/mol. The van der Waals surface area contributed by atoms with Gasteiger partial charge in [0.25, 0.3) is 0 Å². The second kappa shape index (κ2) is 8.27. The van der Waals surface area contributed by atoms with Crippen LogP contribution in [0.1, 0.15) is 12.6 Å². The van der Waals surface area contributed by atoms with Crippen LogP contribution in [-0.4, -0.2) is 34.4 Å². The SMILES string of the molecule is C#CCN(C(=O)C(C)CSC)c1sc(-c2cncc(F)c2)nc1C. The molecular weight excluding hydrogens is 345 g/mol. The molecule has 1 unspecified atom stereocenters. The maximum Gasteiger partial charge on any atom is 0.232 e. The van der Waals surface area contributed by atoms with E-state index in [0.717, 1.165) is 11.9 Å². The molecule has 7 heteroatoms. The molecule has 0 spiro atoms. The van der Waals surface area contributed by atoms with Crippen molar-refractivity contribution in [2.24, 2.45) is 5.92 Å². The number of thiazole rings is 1. The summed E-state index contributed by atoms with van der Waals surface area (Å²) >= 11 is 2.93. The third-order valence-electron chi connectivity index (χ3n) is 3.32. The lowest BCUT2D eigenvalue weighted by Gasteiger charge is -2.22. The number of pyridine rings is 1. The van der Waals surface area contributed by atoms with Crippen LogP contribution in [0.25, 0.3) is 10.6 Å². The lowest BCUT2D eigenvalue weighted by atomic mass is 10.2. The van der Waals surface area contributed by atoms with Crippen molar-refractivity contribution in [1.82, 2.24) is 9.97 Å². The minimum Gasteiger partial charge on any atom is -0.290 e. The van der Waals surface area contributed by atoms with Crippen molar-refractivity contribution in [3.05, 3.63) is 30.0 Å². The van der Waals surface area contributed by atoms with E-state index in [4.69, 9.17) is 6.42 Å². The van der Waals surface area contributed by atoms with Crippen molar-refractivity contribution < 1.29 is 9.18 Å². The van der Waals surface area contributed by atoms with Crippen LogP contribution >= 0.6 is 23.1 Å². The summed E-state index contributed by atoms with van der Waals surface area (Å²) in [5.74, 6) is 2.66. The summed E-state index contributed by atoms with van der Waals surface area (Å²) in [4.78, 5) is 22.6. The molecule has 0 bridgehead atoms. The van der Waals surface area contributed by atoms with E-state index in [-0.39, 0.29) is 18.4 Å². The van der Waals surface area contributed by atoms with Crippen LogP contribution in [0.2, 0.25) is 0 Å². The first-order valence-corrected chi connectivity index (χ1v) is 9.51. The summed E-state index contributed by atoms with van der Waals surface area (Å²) < 4.78 is 13.4. The van der Waals surface area contributed by atoms with Gasteiger partial charge in [-0.1, -0.05) is 24.2 Å². The number of hydrogen-bond acceptors (Lipinski definition) is 5. The number of hydrogen-bond donors (Lipinski definition) is 0. The van der Waals surface area contributed by atoms with Crippen molar-refractivity contribution in [3.8, 4) is 22.9 Å². The number of halogens is 1. The van der Waals surface area contributed by atoms with Crippen LogP contribution in [0.3, 0.4) is 0 Å². The van der Waals surface area contributed by atoms with Gasteiger partial charge in [-0.05, 0) is 19.2 Å². The lowest BCUT2D eigenvalue weighted by Crippen LogP contribution is -2.36. The molecule has 0 fully saturated rings. The third-order valence-corrected chi connectivity index (χ3v) is 5.39. The van der Waals surface area contributed by atoms with Crippen LogP contribution in [-0.2, 0) is 4.79 Å². The molecule has 1 amide bonds. The number of rotatable bonds is 6. The summed E-state index contributed by atoms with van der Waals surface area (Å²) in [7, 11) is 0. The van der Waals surface area contributed by atoms with Crippen LogP contribution in [0.15, 0.2) is 18.5 Å². The van der Waals surface area contributed by atoms with Crippen molar-refractivity contribution in [3.63, 3.8) is 0 Å². The molecule has 0 N–H and O–H groups in total. The van der Waals surface area contributed by atoms with Gasteiger partial charge in [-0.15, -0.1) is 6.42 Å². The van der Waals surface area contributed by atoms with Gasteiger partial charge in [-0.2, -0.15) is 11.8 Å². The molecule has 126 valence electrons. The first-order valence-electron chi connectivity index (χ1n) is 7.30. The van der Waals surface area contributed by atoms with Crippen LogP contribution in [0.4, 0.5) is 9.39 Å². The third kappa shape index (κ3) is 4.13. The molecule has 1 atom stereocenters. The largest absolute Gasteiger partial charge is 0.290 e. The van der Waals surface area contributed by atoms with E-state index >= 15 is 0 Å². The predicted octanol–water partition coefficient (Wildman–Crippen LogP) is 3.62. The Kier molecular flexibility index (Phi) is 6.35. The first kappa shape index (κ1) is 18.4. The number of terminal acetylenes is 1. The fraction of sp³-hybridized carbons (Fsp3) is 0.353. The number of carbonyl (C=O) groups excluding carboxylic acids is 1. The van der Waals surface area contributed by atoms with E-state index in [1.807, 2.05) is 20.1 Å². The number of aryl methyl sites for hydroxylation is 1. The Labute approximate surface area is 149 Å². The van der Waals surface area contributed by atoms with E-state index in [2.05, 4.69) is 15.9 Å². The van der Waals surface area contributed by atoms with Crippen LogP contribution < -0.4 is 4.90 Å². The molecule has 0 aliphatic heterocycles. The summed E-state index contributed by atoms with van der Waals surface area (Å²) in [6, 6.07) is 1.37. The Morgan fingerprint density at radius 2 is 2.29 bits per heavy atom. The molecular formula is C17H18FN3OS2. The number of aromatic nitrogens is 2. The molecule has 24 heavy (non-hydrogen) atoms. The lowest BCUT2D eigenvalue weighted by molar-refractivity contribution is -0.121. The summed E-state index contributed by atoms with van der Waals surface area (Å²) in [6.07, 6.45) is 10.1.